The van der Waals surface area contributed by atoms with Gasteiger partial charge >= 0.3 is 0 Å². The molecule has 4 heteroatoms. The molecule has 0 bridgehead atoms. The lowest BCUT2D eigenvalue weighted by molar-refractivity contribution is 0.101. The zero-order valence-corrected chi connectivity index (χ0v) is 11.9. The second kappa shape index (κ2) is 6.19. The fourth-order valence-electron chi connectivity index (χ4n) is 2.24. The van der Waals surface area contributed by atoms with Gasteiger partial charge in [0.15, 0.2) is 5.78 Å². The normalized spacial score (nSPS) is 10.0. The van der Waals surface area contributed by atoms with Crippen LogP contribution in [0.4, 0.5) is 15.8 Å². The number of anilines is 2. The fourth-order valence-corrected chi connectivity index (χ4v) is 2.24. The zero-order valence-electron chi connectivity index (χ0n) is 11.9. The van der Waals surface area contributed by atoms with E-state index < -0.39 is 0 Å². The third-order valence-electron chi connectivity index (χ3n) is 3.25. The Balaban J connectivity index is 2.58. The van der Waals surface area contributed by atoms with E-state index in [1.54, 1.807) is 30.3 Å². The van der Waals surface area contributed by atoms with Crippen LogP contribution in [0.3, 0.4) is 0 Å². The Bertz CT molecular complexity index is 702. The highest BCUT2D eigenvalue weighted by Crippen LogP contribution is 2.30. The molecule has 0 aliphatic rings. The Morgan fingerprint density at radius 3 is 2.43 bits per heavy atom. The van der Waals surface area contributed by atoms with Gasteiger partial charge in [0.2, 0.25) is 0 Å². The Morgan fingerprint density at radius 2 is 1.90 bits per heavy atom. The smallest absolute Gasteiger partial charge is 0.161 e. The molecule has 3 nitrogen and oxygen atoms in total. The quantitative estimate of drug-likeness (QED) is 0.794. The molecule has 2 aromatic carbocycles. The molecule has 0 aromatic heterocycles. The van der Waals surface area contributed by atoms with E-state index >= 15 is 0 Å². The average Bonchev–Trinajstić information content (AvgIpc) is 2.49. The standard InChI is InChI=1S/C17H15FN2O/c1-3-20(15-7-5-14(18)6-8-15)17-10-13(11-19)4-9-16(17)12(2)21/h4-10H,3H2,1-2H3. The van der Waals surface area contributed by atoms with Crippen LogP contribution in [0.2, 0.25) is 0 Å². The van der Waals surface area contributed by atoms with Crippen molar-refractivity contribution in [2.24, 2.45) is 0 Å². The highest BCUT2D eigenvalue weighted by Gasteiger charge is 2.15. The number of carbonyl (C=O) groups is 1. The van der Waals surface area contributed by atoms with E-state index in [2.05, 4.69) is 6.07 Å². The predicted octanol–water partition coefficient (Wildman–Crippen LogP) is 4.06. The molecule has 0 atom stereocenters. The van der Waals surface area contributed by atoms with Gasteiger partial charge in [0, 0.05) is 17.8 Å². The van der Waals surface area contributed by atoms with E-state index in [9.17, 15) is 9.18 Å². The number of hydrogen-bond acceptors (Lipinski definition) is 3. The molecule has 0 N–H and O–H groups in total. The van der Waals surface area contributed by atoms with Gasteiger partial charge in [-0.15, -0.1) is 0 Å². The summed E-state index contributed by atoms with van der Waals surface area (Å²) >= 11 is 0. The molecule has 2 rings (SSSR count). The Kier molecular flexibility index (Phi) is 4.34. The first-order valence-electron chi connectivity index (χ1n) is 6.65. The first-order chi connectivity index (χ1) is 10.1. The van der Waals surface area contributed by atoms with Crippen molar-refractivity contribution >= 4 is 17.2 Å². The molecule has 0 heterocycles. The van der Waals surface area contributed by atoms with Crippen molar-refractivity contribution < 1.29 is 9.18 Å². The lowest BCUT2D eigenvalue weighted by atomic mass is 10.0. The van der Waals surface area contributed by atoms with Crippen molar-refractivity contribution in [3.8, 4) is 6.07 Å². The SMILES string of the molecule is CCN(c1ccc(F)cc1)c1cc(C#N)ccc1C(C)=O. The van der Waals surface area contributed by atoms with Crippen molar-refractivity contribution in [2.45, 2.75) is 13.8 Å². The number of hydrogen-bond donors (Lipinski definition) is 0. The largest absolute Gasteiger partial charge is 0.341 e. The van der Waals surface area contributed by atoms with Gasteiger partial charge in [-0.3, -0.25) is 4.79 Å². The fraction of sp³-hybridized carbons (Fsp3) is 0.176. The summed E-state index contributed by atoms with van der Waals surface area (Å²) in [7, 11) is 0. The minimum Gasteiger partial charge on any atom is -0.341 e. The summed E-state index contributed by atoms with van der Waals surface area (Å²) in [6, 6.07) is 13.1. The van der Waals surface area contributed by atoms with Crippen molar-refractivity contribution in [1.29, 1.82) is 5.26 Å². The van der Waals surface area contributed by atoms with Gasteiger partial charge < -0.3 is 4.90 Å². The van der Waals surface area contributed by atoms with Crippen molar-refractivity contribution in [3.05, 3.63) is 59.4 Å². The number of benzene rings is 2. The second-order valence-corrected chi connectivity index (χ2v) is 4.62. The van der Waals surface area contributed by atoms with Crippen LogP contribution >= 0.6 is 0 Å². The van der Waals surface area contributed by atoms with Crippen molar-refractivity contribution in [2.75, 3.05) is 11.4 Å². The summed E-state index contributed by atoms with van der Waals surface area (Å²) < 4.78 is 13.1. The number of ketones is 1. The zero-order chi connectivity index (χ0) is 15.4. The molecule has 0 amide bonds. The van der Waals surface area contributed by atoms with E-state index in [-0.39, 0.29) is 11.6 Å². The first-order valence-corrected chi connectivity index (χ1v) is 6.65. The molecule has 106 valence electrons. The van der Waals surface area contributed by atoms with Gasteiger partial charge in [0.1, 0.15) is 5.82 Å². The van der Waals surface area contributed by atoms with Gasteiger partial charge in [0.05, 0.1) is 17.3 Å². The third-order valence-corrected chi connectivity index (χ3v) is 3.25. The summed E-state index contributed by atoms with van der Waals surface area (Å²) in [6.07, 6.45) is 0. The molecule has 0 aliphatic heterocycles. The topological polar surface area (TPSA) is 44.1 Å². The third kappa shape index (κ3) is 3.09. The number of Topliss-reactive ketones (excluding diaryl/α,β-unsaturated/α-hetero) is 1. The van der Waals surface area contributed by atoms with Gasteiger partial charge in [-0.1, -0.05) is 0 Å². The molecular weight excluding hydrogens is 267 g/mol. The minimum absolute atomic E-state index is 0.0740. The summed E-state index contributed by atoms with van der Waals surface area (Å²) in [6.45, 7) is 4.02. The Hall–Kier alpha value is -2.67. The average molecular weight is 282 g/mol. The van der Waals surface area contributed by atoms with Crippen LogP contribution in [-0.4, -0.2) is 12.3 Å². The molecule has 0 spiro atoms. The van der Waals surface area contributed by atoms with E-state index in [1.807, 2.05) is 11.8 Å². The van der Waals surface area contributed by atoms with Gasteiger partial charge in [0.25, 0.3) is 0 Å². The van der Waals surface area contributed by atoms with Crippen LogP contribution in [0.1, 0.15) is 29.8 Å². The Morgan fingerprint density at radius 1 is 1.24 bits per heavy atom. The van der Waals surface area contributed by atoms with Gasteiger partial charge in [-0.2, -0.15) is 5.26 Å². The van der Waals surface area contributed by atoms with Crippen molar-refractivity contribution in [1.82, 2.24) is 0 Å². The summed E-state index contributed by atoms with van der Waals surface area (Å²) in [5.41, 5.74) is 2.46. The number of carbonyl (C=O) groups excluding carboxylic acids is 1. The summed E-state index contributed by atoms with van der Waals surface area (Å²) in [4.78, 5) is 13.7. The van der Waals surface area contributed by atoms with E-state index in [4.69, 9.17) is 5.26 Å². The number of nitrogens with zero attached hydrogens (tertiary/aromatic N) is 2. The second-order valence-electron chi connectivity index (χ2n) is 4.62. The van der Waals surface area contributed by atoms with Gasteiger partial charge in [-0.25, -0.2) is 4.39 Å². The molecule has 2 aromatic rings. The molecule has 21 heavy (non-hydrogen) atoms. The Labute approximate surface area is 123 Å². The van der Waals surface area contributed by atoms with Crippen LogP contribution < -0.4 is 4.90 Å². The van der Waals surface area contributed by atoms with E-state index in [0.29, 0.717) is 23.4 Å². The maximum absolute atomic E-state index is 13.1. The van der Waals surface area contributed by atoms with Crippen LogP contribution in [0.5, 0.6) is 0 Å². The van der Waals surface area contributed by atoms with Crippen LogP contribution in [0.25, 0.3) is 0 Å². The monoisotopic (exact) mass is 282 g/mol. The number of nitriles is 1. The summed E-state index contributed by atoms with van der Waals surface area (Å²) in [5, 5.41) is 9.05. The molecule has 0 radical (unpaired) electrons. The van der Waals surface area contributed by atoms with E-state index in [0.717, 1.165) is 5.69 Å². The minimum atomic E-state index is -0.313. The first kappa shape index (κ1) is 14.7. The number of rotatable bonds is 4. The molecule has 0 saturated carbocycles. The molecule has 0 unspecified atom stereocenters. The van der Waals surface area contributed by atoms with E-state index in [1.165, 1.54) is 19.1 Å². The predicted molar refractivity (Wildman–Crippen MR) is 80.2 cm³/mol. The van der Waals surface area contributed by atoms with Crippen molar-refractivity contribution in [3.63, 3.8) is 0 Å². The van der Waals surface area contributed by atoms with Crippen LogP contribution in [0.15, 0.2) is 42.5 Å². The lowest BCUT2D eigenvalue weighted by Gasteiger charge is -2.25. The van der Waals surface area contributed by atoms with Crippen LogP contribution in [0, 0.1) is 17.1 Å². The van der Waals surface area contributed by atoms with Gasteiger partial charge in [-0.05, 0) is 56.3 Å². The lowest BCUT2D eigenvalue weighted by Crippen LogP contribution is -2.19. The van der Waals surface area contributed by atoms with Crippen LogP contribution in [-0.2, 0) is 0 Å². The maximum atomic E-state index is 13.1. The molecule has 0 fully saturated rings. The molecule has 0 saturated heterocycles. The number of halogens is 1. The molecule has 0 aliphatic carbocycles. The highest BCUT2D eigenvalue weighted by atomic mass is 19.1. The summed E-state index contributed by atoms with van der Waals surface area (Å²) in [5.74, 6) is -0.387. The highest BCUT2D eigenvalue weighted by molar-refractivity contribution is 6.00. The molecular formula is C17H15FN2O. The maximum Gasteiger partial charge on any atom is 0.161 e.